The molecule has 4 aliphatic carbocycles. The smallest absolute Gasteiger partial charge is 0.273 e. The van der Waals surface area contributed by atoms with Gasteiger partial charge in [0.25, 0.3) is 11.5 Å². The van der Waals surface area contributed by atoms with Gasteiger partial charge in [0.05, 0.1) is 10.8 Å². The third kappa shape index (κ3) is 3.55. The molecule has 2 amide bonds. The number of aryl methyl sites for hydroxylation is 2. The molecule has 0 spiro atoms. The summed E-state index contributed by atoms with van der Waals surface area (Å²) in [5.41, 5.74) is 7.45. The second kappa shape index (κ2) is 8.29. The van der Waals surface area contributed by atoms with Gasteiger partial charge in [-0.1, -0.05) is 48.0 Å². The van der Waals surface area contributed by atoms with E-state index in [1.54, 1.807) is 24.3 Å². The van der Waals surface area contributed by atoms with Crippen LogP contribution in [-0.4, -0.2) is 21.6 Å². The minimum absolute atomic E-state index is 0.0352. The van der Waals surface area contributed by atoms with E-state index >= 15 is 0 Å². The Morgan fingerprint density at radius 1 is 0.972 bits per heavy atom. The Bertz CT molecular complexity index is 1410. The number of benzene rings is 2. The van der Waals surface area contributed by atoms with Crippen LogP contribution in [0.5, 0.6) is 0 Å². The third-order valence-electron chi connectivity index (χ3n) is 8.88. The average molecular weight is 485 g/mol. The van der Waals surface area contributed by atoms with Crippen LogP contribution in [0.1, 0.15) is 67.1 Å². The summed E-state index contributed by atoms with van der Waals surface area (Å²) in [4.78, 5) is 39.5. The van der Waals surface area contributed by atoms with Crippen molar-refractivity contribution in [2.45, 2.75) is 64.3 Å². The van der Waals surface area contributed by atoms with E-state index < -0.39 is 11.3 Å². The number of aromatic nitrogens is 2. The van der Waals surface area contributed by atoms with Crippen LogP contribution in [-0.2, 0) is 16.8 Å². The molecule has 2 N–H and O–H groups in total. The molecule has 1 aromatic heterocycles. The van der Waals surface area contributed by atoms with Crippen LogP contribution in [0.2, 0.25) is 0 Å². The van der Waals surface area contributed by atoms with Gasteiger partial charge in [-0.15, -0.1) is 0 Å². The summed E-state index contributed by atoms with van der Waals surface area (Å²) < 4.78 is 1.28. The Hall–Kier alpha value is -3.48. The fourth-order valence-corrected chi connectivity index (χ4v) is 7.70. The van der Waals surface area contributed by atoms with E-state index in [9.17, 15) is 14.4 Å². The van der Waals surface area contributed by atoms with E-state index in [0.717, 1.165) is 32.1 Å². The van der Waals surface area contributed by atoms with E-state index in [1.807, 2.05) is 6.92 Å². The lowest BCUT2D eigenvalue weighted by Gasteiger charge is -2.61. The van der Waals surface area contributed by atoms with E-state index in [1.165, 1.54) is 22.2 Å². The second-order valence-electron chi connectivity index (χ2n) is 11.3. The highest BCUT2D eigenvalue weighted by Gasteiger charge is 2.61. The number of nitrogens with zero attached hydrogens (tertiary/aromatic N) is 2. The summed E-state index contributed by atoms with van der Waals surface area (Å²) >= 11 is 0. The van der Waals surface area contributed by atoms with Crippen LogP contribution < -0.4 is 16.4 Å². The van der Waals surface area contributed by atoms with Gasteiger partial charge in [-0.05, 0) is 81.3 Å². The number of hydrogen-bond acceptors (Lipinski definition) is 4. The SMILES string of the molecule is CCn1nc(C(=O)NNC(=O)C23CC4CC(C2)CC(c2ccc(C)cc2)(C4)C3)c2ccccc2c1=O. The monoisotopic (exact) mass is 484 g/mol. The van der Waals surface area contributed by atoms with Gasteiger partial charge < -0.3 is 0 Å². The third-order valence-corrected chi connectivity index (χ3v) is 8.88. The molecule has 4 fully saturated rings. The molecule has 4 aliphatic rings. The standard InChI is InChI=1S/C29H32N4O3/c1-3-33-26(35)23-7-5-4-6-22(23)24(32-33)25(34)30-31-27(36)29-15-19-12-20(16-29)14-28(13-19,17-29)21-10-8-18(2)9-11-21/h4-11,19-20H,3,12-17H2,1-2H3,(H,30,34)(H,31,36). The van der Waals surface area contributed by atoms with Crippen molar-refractivity contribution < 1.29 is 9.59 Å². The molecule has 1 heterocycles. The maximum absolute atomic E-state index is 13.7. The normalized spacial score (nSPS) is 28.3. The summed E-state index contributed by atoms with van der Waals surface area (Å²) in [5, 5.41) is 5.20. The molecule has 7 nitrogen and oxygen atoms in total. The molecule has 7 heteroatoms. The van der Waals surface area contributed by atoms with Crippen molar-refractivity contribution in [3.8, 4) is 0 Å². The molecule has 186 valence electrons. The zero-order valence-electron chi connectivity index (χ0n) is 20.8. The molecule has 0 saturated heterocycles. The van der Waals surface area contributed by atoms with Gasteiger partial charge in [0.15, 0.2) is 5.69 Å². The maximum atomic E-state index is 13.7. The van der Waals surface area contributed by atoms with Gasteiger partial charge in [-0.2, -0.15) is 5.10 Å². The van der Waals surface area contributed by atoms with Crippen molar-refractivity contribution in [1.82, 2.24) is 20.6 Å². The van der Waals surface area contributed by atoms with E-state index in [-0.39, 0.29) is 22.6 Å². The van der Waals surface area contributed by atoms with Crippen molar-refractivity contribution in [3.05, 3.63) is 75.7 Å². The highest BCUT2D eigenvalue weighted by Crippen LogP contribution is 2.65. The summed E-state index contributed by atoms with van der Waals surface area (Å²) in [7, 11) is 0. The molecule has 2 unspecified atom stereocenters. The van der Waals surface area contributed by atoms with Gasteiger partial charge in [-0.3, -0.25) is 25.2 Å². The van der Waals surface area contributed by atoms with Crippen LogP contribution in [0.15, 0.2) is 53.3 Å². The quantitative estimate of drug-likeness (QED) is 0.547. The molecule has 4 saturated carbocycles. The number of rotatable bonds is 4. The van der Waals surface area contributed by atoms with E-state index in [0.29, 0.717) is 29.2 Å². The Morgan fingerprint density at radius 2 is 1.64 bits per heavy atom. The molecule has 0 radical (unpaired) electrons. The van der Waals surface area contributed by atoms with Crippen LogP contribution in [0.4, 0.5) is 0 Å². The number of nitrogens with one attached hydrogen (secondary N) is 2. The second-order valence-corrected chi connectivity index (χ2v) is 11.3. The van der Waals surface area contributed by atoms with Gasteiger partial charge >= 0.3 is 0 Å². The fraction of sp³-hybridized carbons (Fsp3) is 0.448. The summed E-state index contributed by atoms with van der Waals surface area (Å²) in [6.45, 7) is 4.26. The van der Waals surface area contributed by atoms with Crippen molar-refractivity contribution in [3.63, 3.8) is 0 Å². The highest BCUT2D eigenvalue weighted by molar-refractivity contribution is 6.05. The van der Waals surface area contributed by atoms with Crippen LogP contribution >= 0.6 is 0 Å². The molecule has 2 atom stereocenters. The molecule has 7 rings (SSSR count). The lowest BCUT2D eigenvalue weighted by Crippen LogP contribution is -2.61. The zero-order valence-corrected chi connectivity index (χ0v) is 20.8. The molecule has 0 aliphatic heterocycles. The first-order chi connectivity index (χ1) is 17.3. The number of fused-ring (bicyclic) bond motifs is 1. The lowest BCUT2D eigenvalue weighted by atomic mass is 9.42. The van der Waals surface area contributed by atoms with Crippen LogP contribution in [0.25, 0.3) is 10.8 Å². The van der Waals surface area contributed by atoms with Crippen molar-refractivity contribution >= 4 is 22.6 Å². The molecule has 36 heavy (non-hydrogen) atoms. The van der Waals surface area contributed by atoms with Crippen molar-refractivity contribution in [2.24, 2.45) is 17.3 Å². The first kappa shape index (κ1) is 23.0. The Labute approximate surface area is 210 Å². The molecular formula is C29H32N4O3. The maximum Gasteiger partial charge on any atom is 0.290 e. The largest absolute Gasteiger partial charge is 0.290 e. The molecule has 3 aromatic rings. The van der Waals surface area contributed by atoms with Crippen LogP contribution in [0.3, 0.4) is 0 Å². The zero-order chi connectivity index (χ0) is 25.1. The van der Waals surface area contributed by atoms with Crippen LogP contribution in [0, 0.1) is 24.2 Å². The van der Waals surface area contributed by atoms with Gasteiger partial charge in [0.1, 0.15) is 0 Å². The van der Waals surface area contributed by atoms with E-state index in [4.69, 9.17) is 0 Å². The van der Waals surface area contributed by atoms with Gasteiger partial charge in [-0.25, -0.2) is 4.68 Å². The fourth-order valence-electron chi connectivity index (χ4n) is 7.70. The number of carbonyl (C=O) groups excluding carboxylic acids is 2. The number of hydrogen-bond donors (Lipinski definition) is 2. The number of amides is 2. The number of hydrazine groups is 1. The minimum Gasteiger partial charge on any atom is -0.273 e. The summed E-state index contributed by atoms with van der Waals surface area (Å²) in [6.07, 6.45) is 6.05. The Kier molecular flexibility index (Phi) is 5.28. The highest BCUT2D eigenvalue weighted by atomic mass is 16.2. The van der Waals surface area contributed by atoms with Crippen molar-refractivity contribution in [1.29, 1.82) is 0 Å². The Balaban J connectivity index is 1.25. The van der Waals surface area contributed by atoms with Gasteiger partial charge in [0.2, 0.25) is 5.91 Å². The predicted molar refractivity (Wildman–Crippen MR) is 137 cm³/mol. The predicted octanol–water partition coefficient (Wildman–Crippen LogP) is 4.02. The Morgan fingerprint density at radius 3 is 2.31 bits per heavy atom. The summed E-state index contributed by atoms with van der Waals surface area (Å²) in [5.74, 6) is 0.453. The minimum atomic E-state index is -0.514. The first-order valence-electron chi connectivity index (χ1n) is 13.0. The topological polar surface area (TPSA) is 93.1 Å². The van der Waals surface area contributed by atoms with Gasteiger partial charge in [0, 0.05) is 11.9 Å². The van der Waals surface area contributed by atoms with Crippen molar-refractivity contribution in [2.75, 3.05) is 0 Å². The lowest BCUT2D eigenvalue weighted by molar-refractivity contribution is -0.149. The first-order valence-corrected chi connectivity index (χ1v) is 13.0. The number of carbonyl (C=O) groups is 2. The summed E-state index contributed by atoms with van der Waals surface area (Å²) in [6, 6.07) is 15.8. The average Bonchev–Trinajstić information content (AvgIpc) is 2.87. The molecule has 4 bridgehead atoms. The molecular weight excluding hydrogens is 452 g/mol. The van der Waals surface area contributed by atoms with E-state index in [2.05, 4.69) is 47.1 Å². The molecule has 2 aromatic carbocycles.